The average molecular weight is 542 g/mol. The SMILES string of the molecule is CCC(C(=O)NC1CCCC1)N(Cc1ccccc1Cl)C(=O)CN(c1ccc(F)c(F)c1)S(C)(=O)=O. The van der Waals surface area contributed by atoms with E-state index in [1.54, 1.807) is 31.2 Å². The number of hydrogen-bond donors (Lipinski definition) is 1. The first-order valence-corrected chi connectivity index (χ1v) is 14.0. The highest BCUT2D eigenvalue weighted by Crippen LogP contribution is 2.24. The Hall–Kier alpha value is -2.72. The fourth-order valence-corrected chi connectivity index (χ4v) is 5.39. The predicted molar refractivity (Wildman–Crippen MR) is 135 cm³/mol. The molecule has 1 fully saturated rings. The molecule has 7 nitrogen and oxygen atoms in total. The van der Waals surface area contributed by atoms with Gasteiger partial charge in [0.15, 0.2) is 11.6 Å². The van der Waals surface area contributed by atoms with Crippen LogP contribution < -0.4 is 9.62 Å². The van der Waals surface area contributed by atoms with Gasteiger partial charge in [0, 0.05) is 23.7 Å². The summed E-state index contributed by atoms with van der Waals surface area (Å²) in [5.74, 6) is -3.40. The third-order valence-electron chi connectivity index (χ3n) is 6.26. The normalized spacial score (nSPS) is 14.9. The molecular formula is C25H30ClF2N3O4S. The Morgan fingerprint density at radius 3 is 2.36 bits per heavy atom. The maximum atomic E-state index is 13.9. The zero-order valence-corrected chi connectivity index (χ0v) is 21.8. The molecule has 2 aromatic carbocycles. The van der Waals surface area contributed by atoms with Crippen molar-refractivity contribution >= 4 is 39.1 Å². The molecule has 0 aliphatic heterocycles. The molecule has 36 heavy (non-hydrogen) atoms. The van der Waals surface area contributed by atoms with Gasteiger partial charge in [0.05, 0.1) is 11.9 Å². The summed E-state index contributed by atoms with van der Waals surface area (Å²) in [6.07, 6.45) is 4.89. The van der Waals surface area contributed by atoms with E-state index < -0.39 is 40.2 Å². The van der Waals surface area contributed by atoms with E-state index in [1.165, 1.54) is 4.90 Å². The Labute approximate surface area is 215 Å². The molecule has 0 radical (unpaired) electrons. The van der Waals surface area contributed by atoms with Crippen LogP contribution in [0.5, 0.6) is 0 Å². The number of sulfonamides is 1. The second-order valence-corrected chi connectivity index (χ2v) is 11.2. The van der Waals surface area contributed by atoms with E-state index in [4.69, 9.17) is 11.6 Å². The van der Waals surface area contributed by atoms with Gasteiger partial charge >= 0.3 is 0 Å². The second-order valence-electron chi connectivity index (χ2n) is 8.90. The number of nitrogens with one attached hydrogen (secondary N) is 1. The Morgan fingerprint density at radius 2 is 1.78 bits per heavy atom. The fraction of sp³-hybridized carbons (Fsp3) is 0.440. The van der Waals surface area contributed by atoms with Crippen molar-refractivity contribution in [1.82, 2.24) is 10.2 Å². The summed E-state index contributed by atoms with van der Waals surface area (Å²) in [7, 11) is -4.06. The van der Waals surface area contributed by atoms with Gasteiger partial charge < -0.3 is 10.2 Å². The predicted octanol–water partition coefficient (Wildman–Crippen LogP) is 4.25. The molecular weight excluding hydrogens is 512 g/mol. The highest BCUT2D eigenvalue weighted by Gasteiger charge is 2.33. The molecule has 196 valence electrons. The summed E-state index contributed by atoms with van der Waals surface area (Å²) >= 11 is 6.32. The largest absolute Gasteiger partial charge is 0.352 e. The first-order chi connectivity index (χ1) is 17.0. The molecule has 2 amide bonds. The maximum Gasteiger partial charge on any atom is 0.244 e. The van der Waals surface area contributed by atoms with Gasteiger partial charge in [-0.15, -0.1) is 0 Å². The molecule has 1 aliphatic rings. The van der Waals surface area contributed by atoms with Crippen LogP contribution >= 0.6 is 11.6 Å². The van der Waals surface area contributed by atoms with Crippen molar-refractivity contribution in [2.75, 3.05) is 17.1 Å². The Morgan fingerprint density at radius 1 is 1.11 bits per heavy atom. The van der Waals surface area contributed by atoms with Crippen molar-refractivity contribution in [1.29, 1.82) is 0 Å². The van der Waals surface area contributed by atoms with E-state index in [2.05, 4.69) is 5.32 Å². The van der Waals surface area contributed by atoms with Gasteiger partial charge in [0.25, 0.3) is 0 Å². The third-order valence-corrected chi connectivity index (χ3v) is 7.77. The summed E-state index contributed by atoms with van der Waals surface area (Å²) in [6, 6.07) is 8.57. The van der Waals surface area contributed by atoms with Crippen LogP contribution in [0.25, 0.3) is 0 Å². The number of rotatable bonds is 10. The maximum absolute atomic E-state index is 13.9. The van der Waals surface area contributed by atoms with E-state index in [1.807, 2.05) is 0 Å². The highest BCUT2D eigenvalue weighted by atomic mass is 35.5. The zero-order valence-electron chi connectivity index (χ0n) is 20.2. The number of benzene rings is 2. The molecule has 0 spiro atoms. The first kappa shape index (κ1) is 27.9. The summed E-state index contributed by atoms with van der Waals surface area (Å²) in [6.45, 7) is 1.02. The van der Waals surface area contributed by atoms with Crippen molar-refractivity contribution in [2.24, 2.45) is 0 Å². The molecule has 0 heterocycles. The summed E-state index contributed by atoms with van der Waals surface area (Å²) in [4.78, 5) is 28.1. The smallest absolute Gasteiger partial charge is 0.244 e. The number of halogens is 3. The van der Waals surface area contributed by atoms with Crippen LogP contribution in [-0.2, 0) is 26.2 Å². The van der Waals surface area contributed by atoms with Gasteiger partial charge in [0.1, 0.15) is 12.6 Å². The molecule has 1 N–H and O–H groups in total. The van der Waals surface area contributed by atoms with E-state index in [-0.39, 0.29) is 30.6 Å². The molecule has 0 saturated heterocycles. The van der Waals surface area contributed by atoms with Crippen molar-refractivity contribution in [2.45, 2.75) is 57.7 Å². The van der Waals surface area contributed by atoms with Crippen molar-refractivity contribution in [3.05, 3.63) is 64.7 Å². The lowest BCUT2D eigenvalue weighted by Crippen LogP contribution is -2.53. The summed E-state index contributed by atoms with van der Waals surface area (Å²) in [5.41, 5.74) is 0.379. The van der Waals surface area contributed by atoms with Gasteiger partial charge in [0.2, 0.25) is 21.8 Å². The molecule has 0 aromatic heterocycles. The number of anilines is 1. The van der Waals surface area contributed by atoms with Gasteiger partial charge in [-0.05, 0) is 43.0 Å². The quantitative estimate of drug-likeness (QED) is 0.487. The van der Waals surface area contributed by atoms with Crippen LogP contribution in [0.15, 0.2) is 42.5 Å². The van der Waals surface area contributed by atoms with Gasteiger partial charge in [-0.1, -0.05) is 49.6 Å². The van der Waals surface area contributed by atoms with E-state index >= 15 is 0 Å². The molecule has 11 heteroatoms. The molecule has 1 saturated carbocycles. The summed E-state index contributed by atoms with van der Waals surface area (Å²) in [5, 5.41) is 3.40. The highest BCUT2D eigenvalue weighted by molar-refractivity contribution is 7.92. The van der Waals surface area contributed by atoms with Crippen molar-refractivity contribution in [3.8, 4) is 0 Å². The Bertz CT molecular complexity index is 1210. The van der Waals surface area contributed by atoms with Crippen LogP contribution in [0.1, 0.15) is 44.6 Å². The topological polar surface area (TPSA) is 86.8 Å². The standard InChI is InChI=1S/C25H30ClF2N3O4S/c1-3-23(25(33)29-18-9-5-6-10-18)30(15-17-8-4-7-11-20(17)26)24(32)16-31(36(2,34)35)19-12-13-21(27)22(28)14-19/h4,7-8,11-14,18,23H,3,5-6,9-10,15-16H2,1-2H3,(H,29,33). The van der Waals surface area contributed by atoms with E-state index in [0.29, 0.717) is 21.0 Å². The lowest BCUT2D eigenvalue weighted by atomic mass is 10.1. The fourth-order valence-electron chi connectivity index (χ4n) is 4.35. The van der Waals surface area contributed by atoms with Crippen LogP contribution in [-0.4, -0.2) is 50.0 Å². The van der Waals surface area contributed by atoms with Gasteiger partial charge in [-0.3, -0.25) is 13.9 Å². The van der Waals surface area contributed by atoms with Crippen LogP contribution in [0.4, 0.5) is 14.5 Å². The number of amides is 2. The van der Waals surface area contributed by atoms with Gasteiger partial charge in [-0.2, -0.15) is 0 Å². The molecule has 1 atom stereocenters. The number of carbonyl (C=O) groups excluding carboxylic acids is 2. The molecule has 1 unspecified atom stereocenters. The first-order valence-electron chi connectivity index (χ1n) is 11.8. The lowest BCUT2D eigenvalue weighted by Gasteiger charge is -2.33. The third kappa shape index (κ3) is 6.94. The second kappa shape index (κ2) is 12.0. The van der Waals surface area contributed by atoms with Crippen LogP contribution in [0, 0.1) is 11.6 Å². The zero-order chi connectivity index (χ0) is 26.5. The Balaban J connectivity index is 1.94. The molecule has 2 aromatic rings. The number of hydrogen-bond acceptors (Lipinski definition) is 4. The minimum Gasteiger partial charge on any atom is -0.352 e. The minimum absolute atomic E-state index is 0.0264. The lowest BCUT2D eigenvalue weighted by molar-refractivity contribution is -0.140. The molecule has 1 aliphatic carbocycles. The average Bonchev–Trinajstić information content (AvgIpc) is 3.32. The minimum atomic E-state index is -4.06. The van der Waals surface area contributed by atoms with Gasteiger partial charge in [-0.25, -0.2) is 17.2 Å². The Kier molecular flexibility index (Phi) is 9.30. The summed E-state index contributed by atoms with van der Waals surface area (Å²) < 4.78 is 53.1. The number of carbonyl (C=O) groups is 2. The van der Waals surface area contributed by atoms with Crippen LogP contribution in [0.3, 0.4) is 0 Å². The van der Waals surface area contributed by atoms with E-state index in [0.717, 1.165) is 44.1 Å². The number of nitrogens with zero attached hydrogens (tertiary/aromatic N) is 2. The molecule has 3 rings (SSSR count). The monoisotopic (exact) mass is 541 g/mol. The molecule has 0 bridgehead atoms. The van der Waals surface area contributed by atoms with Crippen molar-refractivity contribution < 1.29 is 26.8 Å². The van der Waals surface area contributed by atoms with Crippen LogP contribution in [0.2, 0.25) is 5.02 Å². The van der Waals surface area contributed by atoms with E-state index in [9.17, 15) is 26.8 Å². The van der Waals surface area contributed by atoms with Crippen molar-refractivity contribution in [3.63, 3.8) is 0 Å².